The second-order valence-electron chi connectivity index (χ2n) is 8.65. The summed E-state index contributed by atoms with van der Waals surface area (Å²) in [6.45, 7) is 5.33. The second kappa shape index (κ2) is 7.45. The number of benzene rings is 1. The molecule has 0 atom stereocenters. The first-order valence-electron chi connectivity index (χ1n) is 10.2. The van der Waals surface area contributed by atoms with E-state index in [0.717, 1.165) is 24.1 Å². The van der Waals surface area contributed by atoms with Gasteiger partial charge in [0, 0.05) is 23.2 Å². The number of rotatable bonds is 5. The normalized spacial score (nSPS) is 19.0. The highest BCUT2D eigenvalue weighted by Crippen LogP contribution is 2.35. The number of halogens is 1. The fourth-order valence-corrected chi connectivity index (χ4v) is 3.33. The zero-order valence-electron chi connectivity index (χ0n) is 17.0. The van der Waals surface area contributed by atoms with Crippen molar-refractivity contribution in [2.45, 2.75) is 39.0 Å². The van der Waals surface area contributed by atoms with E-state index >= 15 is 0 Å². The summed E-state index contributed by atoms with van der Waals surface area (Å²) in [6, 6.07) is 8.52. The van der Waals surface area contributed by atoms with Gasteiger partial charge < -0.3 is 19.8 Å². The summed E-state index contributed by atoms with van der Waals surface area (Å²) in [7, 11) is 0. The molecule has 1 aliphatic heterocycles. The third-order valence-corrected chi connectivity index (χ3v) is 5.14. The molecule has 2 N–H and O–H groups in total. The van der Waals surface area contributed by atoms with Crippen LogP contribution >= 0.6 is 0 Å². The average Bonchev–Trinajstić information content (AvgIpc) is 3.43. The Balaban J connectivity index is 1.53. The summed E-state index contributed by atoms with van der Waals surface area (Å²) < 4.78 is 25.3. The van der Waals surface area contributed by atoms with E-state index in [0.29, 0.717) is 42.4 Å². The molecule has 2 aliphatic rings. The van der Waals surface area contributed by atoms with Gasteiger partial charge in [0.2, 0.25) is 12.2 Å². The molecule has 0 radical (unpaired) electrons. The SMILES string of the molecule is CC1(C)COC(c2nc(-c3ccc(F)cc3)c(-c3ccnc(NC4CC4)n3)[nH]2)OC1. The summed E-state index contributed by atoms with van der Waals surface area (Å²) in [4.78, 5) is 17.1. The van der Waals surface area contributed by atoms with Crippen molar-refractivity contribution >= 4 is 5.95 Å². The van der Waals surface area contributed by atoms with Crippen LogP contribution in [0.3, 0.4) is 0 Å². The Morgan fingerprint density at radius 1 is 1.07 bits per heavy atom. The highest BCUT2D eigenvalue weighted by molar-refractivity contribution is 5.77. The molecule has 156 valence electrons. The highest BCUT2D eigenvalue weighted by Gasteiger charge is 2.32. The van der Waals surface area contributed by atoms with Gasteiger partial charge in [-0.2, -0.15) is 0 Å². The van der Waals surface area contributed by atoms with E-state index in [-0.39, 0.29) is 11.2 Å². The molecule has 1 saturated carbocycles. The zero-order chi connectivity index (χ0) is 20.7. The van der Waals surface area contributed by atoms with Crippen LogP contribution in [0.1, 0.15) is 38.8 Å². The van der Waals surface area contributed by atoms with Crippen molar-refractivity contribution in [1.29, 1.82) is 0 Å². The smallest absolute Gasteiger partial charge is 0.223 e. The predicted molar refractivity (Wildman–Crippen MR) is 110 cm³/mol. The first-order chi connectivity index (χ1) is 14.5. The van der Waals surface area contributed by atoms with Crippen LogP contribution in [-0.4, -0.2) is 39.2 Å². The van der Waals surface area contributed by atoms with Gasteiger partial charge in [0.15, 0.2) is 5.82 Å². The molecule has 0 amide bonds. The van der Waals surface area contributed by atoms with Crippen molar-refractivity contribution in [2.24, 2.45) is 5.41 Å². The molecular weight excluding hydrogens is 385 g/mol. The van der Waals surface area contributed by atoms with E-state index in [1.165, 1.54) is 12.1 Å². The number of anilines is 1. The van der Waals surface area contributed by atoms with Crippen LogP contribution in [0.2, 0.25) is 0 Å². The van der Waals surface area contributed by atoms with E-state index < -0.39 is 6.29 Å². The molecule has 8 heteroatoms. The number of nitrogens with one attached hydrogen (secondary N) is 2. The predicted octanol–water partition coefficient (Wildman–Crippen LogP) is 4.32. The minimum absolute atomic E-state index is 0.0399. The molecule has 1 aromatic carbocycles. The third-order valence-electron chi connectivity index (χ3n) is 5.14. The topological polar surface area (TPSA) is 85.0 Å². The average molecular weight is 409 g/mol. The first-order valence-corrected chi connectivity index (χ1v) is 10.2. The number of aromatic amines is 1. The Hall–Kier alpha value is -2.84. The number of imidazole rings is 1. The molecule has 0 spiro atoms. The lowest BCUT2D eigenvalue weighted by molar-refractivity contribution is -0.229. The fraction of sp³-hybridized carbons (Fsp3) is 0.409. The molecule has 0 unspecified atom stereocenters. The van der Waals surface area contributed by atoms with Gasteiger partial charge in [-0.1, -0.05) is 13.8 Å². The summed E-state index contributed by atoms with van der Waals surface area (Å²) in [5, 5.41) is 3.32. The highest BCUT2D eigenvalue weighted by atomic mass is 19.1. The third kappa shape index (κ3) is 4.06. The first kappa shape index (κ1) is 19.1. The van der Waals surface area contributed by atoms with Gasteiger partial charge >= 0.3 is 0 Å². The maximum absolute atomic E-state index is 13.5. The van der Waals surface area contributed by atoms with Crippen LogP contribution in [0, 0.1) is 11.2 Å². The number of H-pyrrole nitrogens is 1. The Bertz CT molecular complexity index is 1040. The van der Waals surface area contributed by atoms with Crippen LogP contribution in [0.25, 0.3) is 22.6 Å². The maximum Gasteiger partial charge on any atom is 0.223 e. The summed E-state index contributed by atoms with van der Waals surface area (Å²) in [5.74, 6) is 0.855. The van der Waals surface area contributed by atoms with Crippen LogP contribution < -0.4 is 5.32 Å². The van der Waals surface area contributed by atoms with E-state index in [1.54, 1.807) is 18.3 Å². The number of aromatic nitrogens is 4. The molecule has 1 saturated heterocycles. The monoisotopic (exact) mass is 409 g/mol. The molecule has 2 fully saturated rings. The number of hydrogen-bond donors (Lipinski definition) is 2. The quantitative estimate of drug-likeness (QED) is 0.653. The van der Waals surface area contributed by atoms with Gasteiger partial charge in [0.25, 0.3) is 0 Å². The Labute approximate surface area is 174 Å². The number of hydrogen-bond acceptors (Lipinski definition) is 6. The van der Waals surface area contributed by atoms with Gasteiger partial charge in [-0.25, -0.2) is 19.3 Å². The molecule has 3 heterocycles. The van der Waals surface area contributed by atoms with Crippen LogP contribution in [0.4, 0.5) is 10.3 Å². The molecule has 3 aromatic rings. The Kier molecular flexibility index (Phi) is 4.75. The molecule has 1 aliphatic carbocycles. The minimum Gasteiger partial charge on any atom is -0.351 e. The molecule has 7 nitrogen and oxygen atoms in total. The largest absolute Gasteiger partial charge is 0.351 e. The maximum atomic E-state index is 13.5. The minimum atomic E-state index is -0.586. The second-order valence-corrected chi connectivity index (χ2v) is 8.65. The number of nitrogens with zero attached hydrogens (tertiary/aromatic N) is 3. The van der Waals surface area contributed by atoms with E-state index in [9.17, 15) is 4.39 Å². The van der Waals surface area contributed by atoms with Gasteiger partial charge in [-0.05, 0) is 43.2 Å². The van der Waals surface area contributed by atoms with Gasteiger partial charge in [-0.15, -0.1) is 0 Å². The molecule has 5 rings (SSSR count). The summed E-state index contributed by atoms with van der Waals surface area (Å²) in [6.07, 6.45) is 3.40. The molecule has 0 bridgehead atoms. The number of ether oxygens (including phenoxy) is 2. The van der Waals surface area contributed by atoms with Gasteiger partial charge in [-0.3, -0.25) is 0 Å². The molecule has 30 heavy (non-hydrogen) atoms. The van der Waals surface area contributed by atoms with Crippen molar-refractivity contribution in [3.05, 3.63) is 48.2 Å². The fourth-order valence-electron chi connectivity index (χ4n) is 3.33. The van der Waals surface area contributed by atoms with Crippen molar-refractivity contribution in [3.63, 3.8) is 0 Å². The van der Waals surface area contributed by atoms with Crippen LogP contribution in [0.5, 0.6) is 0 Å². The van der Waals surface area contributed by atoms with Crippen molar-refractivity contribution in [3.8, 4) is 22.6 Å². The zero-order valence-corrected chi connectivity index (χ0v) is 17.0. The summed E-state index contributed by atoms with van der Waals surface area (Å²) >= 11 is 0. The van der Waals surface area contributed by atoms with Crippen LogP contribution in [0.15, 0.2) is 36.5 Å². The Morgan fingerprint density at radius 2 is 1.80 bits per heavy atom. The van der Waals surface area contributed by atoms with Crippen molar-refractivity contribution < 1.29 is 13.9 Å². The van der Waals surface area contributed by atoms with Gasteiger partial charge in [0.1, 0.15) is 5.82 Å². The van der Waals surface area contributed by atoms with Crippen LogP contribution in [-0.2, 0) is 9.47 Å². The lowest BCUT2D eigenvalue weighted by Gasteiger charge is -2.33. The molecular formula is C22H24FN5O2. The van der Waals surface area contributed by atoms with E-state index in [4.69, 9.17) is 14.5 Å². The van der Waals surface area contributed by atoms with Gasteiger partial charge in [0.05, 0.1) is 30.3 Å². The lowest BCUT2D eigenvalue weighted by Crippen LogP contribution is -2.34. The van der Waals surface area contributed by atoms with Crippen molar-refractivity contribution in [2.75, 3.05) is 18.5 Å². The van der Waals surface area contributed by atoms with Crippen molar-refractivity contribution in [1.82, 2.24) is 19.9 Å². The lowest BCUT2D eigenvalue weighted by atomic mass is 9.96. The standard InChI is InChI=1S/C22H24FN5O2/c1-22(2)11-29-20(30-12-22)19-27-17(13-3-5-14(23)6-4-13)18(28-19)16-9-10-24-21(26-16)25-15-7-8-15/h3-6,9-10,15,20H,7-8,11-12H2,1-2H3,(H,27,28)(H,24,25,26). The molecule has 2 aromatic heterocycles. The van der Waals surface area contributed by atoms with E-state index in [2.05, 4.69) is 34.1 Å². The summed E-state index contributed by atoms with van der Waals surface area (Å²) in [5.41, 5.74) is 2.82. The van der Waals surface area contributed by atoms with E-state index in [1.807, 2.05) is 6.07 Å². The Morgan fingerprint density at radius 3 is 2.50 bits per heavy atom.